The third-order valence-electron chi connectivity index (χ3n) is 6.49. The second-order valence-electron chi connectivity index (χ2n) is 8.00. The highest BCUT2D eigenvalue weighted by molar-refractivity contribution is 7.19. The van der Waals surface area contributed by atoms with Crippen molar-refractivity contribution in [2.75, 3.05) is 0 Å². The lowest BCUT2D eigenvalue weighted by Gasteiger charge is -2.35. The van der Waals surface area contributed by atoms with Crippen LogP contribution in [0.3, 0.4) is 0 Å². The Bertz CT molecular complexity index is 1320. The van der Waals surface area contributed by atoms with Crippen molar-refractivity contribution in [3.05, 3.63) is 127 Å². The number of pyridine rings is 1. The van der Waals surface area contributed by atoms with Gasteiger partial charge in [-0.15, -0.1) is 0 Å². The number of hydrogen-bond acceptors (Lipinski definition) is 0. The first-order chi connectivity index (χ1) is 14.9. The van der Waals surface area contributed by atoms with E-state index in [1.54, 1.807) is 0 Å². The Balaban J connectivity index is 1.83. The van der Waals surface area contributed by atoms with Crippen LogP contribution in [0.5, 0.6) is 0 Å². The Hall–Kier alpha value is -3.49. The van der Waals surface area contributed by atoms with E-state index in [4.69, 9.17) is 0 Å². The predicted octanol–water partition coefficient (Wildman–Crippen LogP) is 2.87. The summed E-state index contributed by atoms with van der Waals surface area (Å²) in [6.07, 6.45) is 0. The van der Waals surface area contributed by atoms with E-state index in [-0.39, 0.29) is 0 Å². The minimum atomic E-state index is -2.43. The average Bonchev–Trinajstić information content (AvgIpc) is 2.83. The van der Waals surface area contributed by atoms with Crippen LogP contribution in [0.2, 0.25) is 0 Å². The third kappa shape index (κ3) is 2.38. The molecule has 0 spiro atoms. The Morgan fingerprint density at radius 2 is 1.13 bits per heavy atom. The molecule has 1 aromatic heterocycles. The normalized spacial score (nSPS) is 14.1. The smallest absolute Gasteiger partial charge is 0.195 e. The topological polar surface area (TPSA) is 3.88 Å². The zero-order valence-corrected chi connectivity index (χ0v) is 17.7. The zero-order valence-electron chi connectivity index (χ0n) is 16.7. The molecule has 0 N–H and O–H groups in total. The van der Waals surface area contributed by atoms with Crippen LogP contribution >= 0.6 is 0 Å². The Morgan fingerprint density at radius 1 is 0.533 bits per heavy atom. The van der Waals surface area contributed by atoms with Gasteiger partial charge in [0.1, 0.15) is 0 Å². The van der Waals surface area contributed by atoms with Crippen molar-refractivity contribution >= 4 is 39.9 Å². The molecule has 0 saturated carbocycles. The van der Waals surface area contributed by atoms with Crippen LogP contribution in [-0.4, -0.2) is 8.07 Å². The van der Waals surface area contributed by atoms with E-state index >= 15 is 0 Å². The van der Waals surface area contributed by atoms with E-state index < -0.39 is 8.07 Å². The maximum atomic E-state index is 2.57. The molecule has 0 bridgehead atoms. The van der Waals surface area contributed by atoms with Crippen molar-refractivity contribution in [1.29, 1.82) is 0 Å². The maximum absolute atomic E-state index is 2.57. The summed E-state index contributed by atoms with van der Waals surface area (Å²) in [5.41, 5.74) is 2.75. The van der Waals surface area contributed by atoms with E-state index in [2.05, 4.69) is 126 Å². The molecule has 0 unspecified atom stereocenters. The third-order valence-corrected chi connectivity index (χ3v) is 11.4. The van der Waals surface area contributed by atoms with Crippen LogP contribution in [0.1, 0.15) is 5.56 Å². The lowest BCUT2D eigenvalue weighted by Crippen LogP contribution is -2.84. The van der Waals surface area contributed by atoms with Crippen LogP contribution in [-0.2, 0) is 6.54 Å². The van der Waals surface area contributed by atoms with E-state index in [1.807, 2.05) is 0 Å². The number of aromatic nitrogens is 1. The summed E-state index contributed by atoms with van der Waals surface area (Å²) in [4.78, 5) is 0. The number of hydrogen-bond donors (Lipinski definition) is 0. The maximum Gasteiger partial charge on any atom is 0.260 e. The molecule has 0 atom stereocenters. The molecule has 6 rings (SSSR count). The summed E-state index contributed by atoms with van der Waals surface area (Å²) in [6.45, 7) is 0.918. The molecule has 2 heterocycles. The Labute approximate surface area is 177 Å². The van der Waals surface area contributed by atoms with Gasteiger partial charge in [-0.25, -0.2) is 0 Å². The summed E-state index contributed by atoms with van der Waals surface area (Å²) in [5, 5.41) is 7.14. The molecular weight excluding hydrogens is 378 g/mol. The SMILES string of the molecule is c1ccc([Si]2(c3ccccc3)c3ccccc3C[n+]3c2ccc2ccccc23)cc1. The lowest BCUT2D eigenvalue weighted by atomic mass is 10.1. The van der Waals surface area contributed by atoms with Crippen molar-refractivity contribution < 1.29 is 4.57 Å². The molecule has 5 aromatic rings. The molecule has 142 valence electrons. The lowest BCUT2D eigenvalue weighted by molar-refractivity contribution is -0.646. The van der Waals surface area contributed by atoms with Gasteiger partial charge in [-0.05, 0) is 27.7 Å². The number of para-hydroxylation sites is 1. The van der Waals surface area contributed by atoms with E-state index in [0.717, 1.165) is 6.54 Å². The minimum absolute atomic E-state index is 0.918. The van der Waals surface area contributed by atoms with Gasteiger partial charge in [0, 0.05) is 23.1 Å². The number of benzene rings is 4. The molecule has 0 radical (unpaired) electrons. The van der Waals surface area contributed by atoms with Gasteiger partial charge in [0.25, 0.3) is 8.07 Å². The van der Waals surface area contributed by atoms with Gasteiger partial charge in [0.2, 0.25) is 5.52 Å². The number of rotatable bonds is 2. The van der Waals surface area contributed by atoms with E-state index in [1.165, 1.54) is 37.3 Å². The van der Waals surface area contributed by atoms with Gasteiger partial charge in [0.15, 0.2) is 11.9 Å². The molecule has 2 heteroatoms. The summed E-state index contributed by atoms with van der Waals surface area (Å²) in [5.74, 6) is 0. The molecule has 1 nitrogen and oxygen atoms in total. The van der Waals surface area contributed by atoms with Gasteiger partial charge < -0.3 is 0 Å². The molecule has 0 fully saturated rings. The highest BCUT2D eigenvalue weighted by atomic mass is 28.3. The summed E-state index contributed by atoms with van der Waals surface area (Å²) in [7, 11) is -2.43. The van der Waals surface area contributed by atoms with Crippen LogP contribution in [0.15, 0.2) is 121 Å². The first-order valence-electron chi connectivity index (χ1n) is 10.5. The van der Waals surface area contributed by atoms with Crippen molar-refractivity contribution in [1.82, 2.24) is 0 Å². The Morgan fingerprint density at radius 3 is 1.87 bits per heavy atom. The summed E-state index contributed by atoms with van der Waals surface area (Å²) >= 11 is 0. The largest absolute Gasteiger partial charge is 0.260 e. The van der Waals surface area contributed by atoms with Crippen molar-refractivity contribution in [3.8, 4) is 0 Å². The fourth-order valence-corrected chi connectivity index (χ4v) is 10.4. The van der Waals surface area contributed by atoms with Gasteiger partial charge >= 0.3 is 0 Å². The average molecular weight is 401 g/mol. The standard InChI is InChI=1S/C28H22NSi/c1-3-13-24(14-4-1)30(25-15-5-2-6-16-25)27-18-10-8-12-23(27)21-29-26-17-9-7-11-22(26)19-20-28(29)30/h1-20H,21H2/q+1. The predicted molar refractivity (Wildman–Crippen MR) is 127 cm³/mol. The quantitative estimate of drug-likeness (QED) is 0.311. The molecule has 1 aliphatic rings. The molecule has 0 saturated heterocycles. The van der Waals surface area contributed by atoms with Crippen LogP contribution in [0.4, 0.5) is 0 Å². The summed E-state index contributed by atoms with van der Waals surface area (Å²) in [6, 6.07) is 44.9. The van der Waals surface area contributed by atoms with Crippen molar-refractivity contribution in [2.45, 2.75) is 6.54 Å². The number of nitrogens with zero attached hydrogens (tertiary/aromatic N) is 1. The monoisotopic (exact) mass is 400 g/mol. The first-order valence-corrected chi connectivity index (χ1v) is 12.5. The second kappa shape index (κ2) is 6.79. The highest BCUT2D eigenvalue weighted by Crippen LogP contribution is 2.17. The summed E-state index contributed by atoms with van der Waals surface area (Å²) < 4.78 is 2.57. The van der Waals surface area contributed by atoms with Gasteiger partial charge in [-0.3, -0.25) is 0 Å². The van der Waals surface area contributed by atoms with Crippen LogP contribution < -0.4 is 25.4 Å². The fraction of sp³-hybridized carbons (Fsp3) is 0.0357. The molecule has 1 aliphatic heterocycles. The molecular formula is C28H22NSi+. The second-order valence-corrected chi connectivity index (χ2v) is 11.7. The Kier molecular flexibility index (Phi) is 3.93. The zero-order chi connectivity index (χ0) is 20.0. The highest BCUT2D eigenvalue weighted by Gasteiger charge is 2.52. The molecule has 4 aromatic carbocycles. The molecule has 0 amide bonds. The van der Waals surface area contributed by atoms with Gasteiger partial charge in [-0.2, -0.15) is 4.57 Å². The van der Waals surface area contributed by atoms with E-state index in [0.29, 0.717) is 0 Å². The molecule has 0 aliphatic carbocycles. The van der Waals surface area contributed by atoms with Crippen LogP contribution in [0, 0.1) is 0 Å². The van der Waals surface area contributed by atoms with Crippen LogP contribution in [0.25, 0.3) is 10.9 Å². The molecule has 30 heavy (non-hydrogen) atoms. The number of fused-ring (bicyclic) bond motifs is 4. The van der Waals surface area contributed by atoms with Gasteiger partial charge in [0.05, 0.1) is 0 Å². The van der Waals surface area contributed by atoms with Gasteiger partial charge in [-0.1, -0.05) is 97.1 Å². The van der Waals surface area contributed by atoms with Crippen molar-refractivity contribution in [3.63, 3.8) is 0 Å². The van der Waals surface area contributed by atoms with E-state index in [9.17, 15) is 0 Å². The minimum Gasteiger partial charge on any atom is -0.195 e. The fourth-order valence-electron chi connectivity index (χ4n) is 5.24. The first kappa shape index (κ1) is 17.4. The van der Waals surface area contributed by atoms with Crippen molar-refractivity contribution in [2.24, 2.45) is 0 Å².